The van der Waals surface area contributed by atoms with Gasteiger partial charge < -0.3 is 14.2 Å². The first-order valence-corrected chi connectivity index (χ1v) is 32.6. The smallest absolute Gasteiger partial charge is 0.309 e. The molecule has 0 radical (unpaired) electrons. The van der Waals surface area contributed by atoms with Gasteiger partial charge in [-0.15, -0.1) is 0 Å². The Hall–Kier alpha value is -6.01. The molecule has 0 saturated carbocycles. The molecule has 0 aliphatic carbocycles. The number of hydrogen-bond acceptors (Lipinski definition) is 6. The van der Waals surface area contributed by atoms with Crippen LogP contribution in [0.5, 0.6) is 0 Å². The van der Waals surface area contributed by atoms with Crippen molar-refractivity contribution in [1.82, 2.24) is 0 Å². The summed E-state index contributed by atoms with van der Waals surface area (Å²) in [5, 5.41) is 0. The van der Waals surface area contributed by atoms with Crippen LogP contribution >= 0.6 is 0 Å². The molecular weight excluding hydrogens is 1020 g/mol. The van der Waals surface area contributed by atoms with Crippen molar-refractivity contribution in [3.05, 3.63) is 207 Å². The zero-order valence-electron chi connectivity index (χ0n) is 52.6. The van der Waals surface area contributed by atoms with E-state index in [2.05, 4.69) is 215 Å². The predicted octanol–water partition coefficient (Wildman–Crippen LogP) is 22.8. The lowest BCUT2D eigenvalue weighted by Gasteiger charge is -2.18. The number of unbranched alkanes of at least 4 members (excludes halogenated alkanes) is 12. The minimum absolute atomic E-state index is 0.109. The van der Waals surface area contributed by atoms with E-state index in [9.17, 15) is 14.4 Å². The van der Waals surface area contributed by atoms with Gasteiger partial charge in [0.15, 0.2) is 6.10 Å². The summed E-state index contributed by atoms with van der Waals surface area (Å²) < 4.78 is 16.8. The third-order valence-corrected chi connectivity index (χ3v) is 12.8. The quantitative estimate of drug-likeness (QED) is 0.0261. The third-order valence-electron chi connectivity index (χ3n) is 12.8. The van der Waals surface area contributed by atoms with Gasteiger partial charge in [-0.1, -0.05) is 279 Å². The lowest BCUT2D eigenvalue weighted by Crippen LogP contribution is -2.30. The van der Waals surface area contributed by atoms with Crippen molar-refractivity contribution in [2.24, 2.45) is 0 Å². The topological polar surface area (TPSA) is 78.9 Å². The molecule has 6 heteroatoms. The zero-order valence-corrected chi connectivity index (χ0v) is 52.6. The van der Waals surface area contributed by atoms with Crippen molar-refractivity contribution < 1.29 is 28.6 Å². The normalized spacial score (nSPS) is 13.5. The van der Waals surface area contributed by atoms with Crippen LogP contribution in [-0.2, 0) is 28.6 Å². The number of hydrogen-bond donors (Lipinski definition) is 0. The minimum Gasteiger partial charge on any atom is -0.462 e. The van der Waals surface area contributed by atoms with Crippen molar-refractivity contribution in [1.29, 1.82) is 0 Å². The first kappa shape index (κ1) is 77.0. The van der Waals surface area contributed by atoms with E-state index >= 15 is 0 Å². The van der Waals surface area contributed by atoms with Crippen molar-refractivity contribution in [3.63, 3.8) is 0 Å². The summed E-state index contributed by atoms with van der Waals surface area (Å²) in [5.41, 5.74) is 0. The summed E-state index contributed by atoms with van der Waals surface area (Å²) in [5.74, 6) is -1.11. The largest absolute Gasteiger partial charge is 0.462 e. The molecule has 0 N–H and O–H groups in total. The average molecular weight is 1140 g/mol. The van der Waals surface area contributed by atoms with Gasteiger partial charge in [-0.2, -0.15) is 0 Å². The van der Waals surface area contributed by atoms with Gasteiger partial charge in [0.05, 0.1) is 6.42 Å². The summed E-state index contributed by atoms with van der Waals surface area (Å²) in [6.07, 6.45) is 106. The molecule has 0 saturated heterocycles. The molecule has 460 valence electrons. The molecule has 0 amide bonds. The van der Waals surface area contributed by atoms with Crippen LogP contribution in [0, 0.1) is 0 Å². The Morgan fingerprint density at radius 3 is 0.783 bits per heavy atom. The maximum Gasteiger partial charge on any atom is 0.309 e. The van der Waals surface area contributed by atoms with E-state index in [1.54, 1.807) is 6.08 Å². The lowest BCUT2D eigenvalue weighted by molar-refractivity contribution is -0.166. The van der Waals surface area contributed by atoms with Crippen molar-refractivity contribution >= 4 is 17.9 Å². The second-order valence-corrected chi connectivity index (χ2v) is 20.5. The fourth-order valence-electron chi connectivity index (χ4n) is 8.05. The molecule has 0 aromatic rings. The van der Waals surface area contributed by atoms with E-state index in [4.69, 9.17) is 14.2 Å². The van der Waals surface area contributed by atoms with Gasteiger partial charge in [0, 0.05) is 12.8 Å². The number of allylic oxidation sites excluding steroid dienone is 33. The van der Waals surface area contributed by atoms with Crippen LogP contribution in [0.3, 0.4) is 0 Å². The van der Waals surface area contributed by atoms with E-state index in [1.807, 2.05) is 6.08 Å². The van der Waals surface area contributed by atoms with E-state index in [-0.39, 0.29) is 38.0 Å². The van der Waals surface area contributed by atoms with Gasteiger partial charge in [0.2, 0.25) is 0 Å². The number of ether oxygens (including phenoxy) is 3. The molecule has 0 aliphatic heterocycles. The van der Waals surface area contributed by atoms with Gasteiger partial charge in [0.25, 0.3) is 0 Å². The first-order chi connectivity index (χ1) is 41.0. The molecule has 1 unspecified atom stereocenters. The molecule has 1 atom stereocenters. The Labute approximate surface area is 509 Å². The maximum atomic E-state index is 12.9. The SMILES string of the molecule is CC/C=C\C/C=C\C/C=C\C/C=C\C/C=C\C/C=C\C/C=C\CCCCCCCC(=O)OCC(COC(=O)C/C=C\C/C=C\C/C=C\C/C=C\C/C=C\CC)OC(=O)CCCCCCCCC/C=C\C/C=C\C/C=C\C/C=C\C/C=C\CC. The summed E-state index contributed by atoms with van der Waals surface area (Å²) >= 11 is 0. The minimum atomic E-state index is -0.848. The Kier molecular flexibility index (Phi) is 63.5. The number of esters is 3. The summed E-state index contributed by atoms with van der Waals surface area (Å²) in [6, 6.07) is 0. The van der Waals surface area contributed by atoms with Crippen molar-refractivity contribution in [3.8, 4) is 0 Å². The van der Waals surface area contributed by atoms with Gasteiger partial charge in [-0.3, -0.25) is 14.4 Å². The Balaban J connectivity index is 4.54. The summed E-state index contributed by atoms with van der Waals surface area (Å²) in [4.78, 5) is 38.3. The average Bonchev–Trinajstić information content (AvgIpc) is 3.49. The fourth-order valence-corrected chi connectivity index (χ4v) is 8.05. The molecular formula is C77H116O6. The Morgan fingerprint density at radius 1 is 0.253 bits per heavy atom. The van der Waals surface area contributed by atoms with Crippen molar-refractivity contribution in [2.45, 2.75) is 245 Å². The van der Waals surface area contributed by atoms with Crippen LogP contribution in [-0.4, -0.2) is 37.2 Å². The third kappa shape index (κ3) is 66.7. The van der Waals surface area contributed by atoms with E-state index in [0.29, 0.717) is 6.42 Å². The highest BCUT2D eigenvalue weighted by molar-refractivity contribution is 5.72. The number of rotatable bonds is 56. The van der Waals surface area contributed by atoms with Crippen molar-refractivity contribution in [2.75, 3.05) is 13.2 Å². The zero-order chi connectivity index (χ0) is 59.9. The first-order valence-electron chi connectivity index (χ1n) is 32.6. The molecule has 0 bridgehead atoms. The maximum absolute atomic E-state index is 12.9. The van der Waals surface area contributed by atoms with E-state index in [1.165, 1.54) is 19.3 Å². The van der Waals surface area contributed by atoms with Gasteiger partial charge in [-0.05, 0) is 148 Å². The van der Waals surface area contributed by atoms with E-state index in [0.717, 1.165) is 180 Å². The molecule has 0 rings (SSSR count). The van der Waals surface area contributed by atoms with Crippen LogP contribution in [0.25, 0.3) is 0 Å². The van der Waals surface area contributed by atoms with Crippen LogP contribution in [0.4, 0.5) is 0 Å². The molecule has 83 heavy (non-hydrogen) atoms. The van der Waals surface area contributed by atoms with E-state index < -0.39 is 12.1 Å². The monoisotopic (exact) mass is 1140 g/mol. The highest BCUT2D eigenvalue weighted by atomic mass is 16.6. The molecule has 6 nitrogen and oxygen atoms in total. The summed E-state index contributed by atoms with van der Waals surface area (Å²) in [7, 11) is 0. The van der Waals surface area contributed by atoms with Crippen LogP contribution in [0.15, 0.2) is 207 Å². The molecule has 0 spiro atoms. The second kappa shape index (κ2) is 68.5. The molecule has 0 aromatic carbocycles. The number of carbonyl (C=O) groups is 3. The van der Waals surface area contributed by atoms with Gasteiger partial charge >= 0.3 is 17.9 Å². The Morgan fingerprint density at radius 2 is 0.482 bits per heavy atom. The standard InChI is InChI=1S/C77H116O6/c1-4-7-10-13-16-19-22-25-28-30-32-34-36-37-38-39-41-42-44-46-49-52-55-58-61-64-67-70-76(79)82-73-74(72-81-75(78)69-66-63-60-57-54-51-48-27-24-21-18-15-12-9-6-3)83-77(80)71-68-65-62-59-56-53-50-47-45-43-40-35-33-31-29-26-23-20-17-14-11-8-5-2/h7-12,16-21,25-29,32-35,37-38,41-43,45-46,48-49,54,57,63,66,74H,4-6,13-15,22-24,30-31,36,39-40,44,47,50-53,55-56,58-62,64-65,67-73H2,1-3H3/b10-7-,11-8-,12-9-,19-16-,20-17-,21-18-,28-25-,29-26-,34-32-,35-33-,38-37-,42-41-,45-43-,48-27-,49-46-,57-54-,66-63-. The fraction of sp³-hybridized carbons (Fsp3) is 0.519. The Bertz CT molecular complexity index is 2030. The van der Waals surface area contributed by atoms with Crippen LogP contribution in [0.2, 0.25) is 0 Å². The lowest BCUT2D eigenvalue weighted by atomic mass is 10.1. The molecule has 0 aromatic heterocycles. The van der Waals surface area contributed by atoms with Crippen LogP contribution < -0.4 is 0 Å². The van der Waals surface area contributed by atoms with Gasteiger partial charge in [-0.25, -0.2) is 0 Å². The highest BCUT2D eigenvalue weighted by Crippen LogP contribution is 2.13. The molecule has 0 aliphatic rings. The molecule has 0 heterocycles. The highest BCUT2D eigenvalue weighted by Gasteiger charge is 2.19. The van der Waals surface area contributed by atoms with Gasteiger partial charge in [0.1, 0.15) is 13.2 Å². The molecule has 0 fully saturated rings. The predicted molar refractivity (Wildman–Crippen MR) is 361 cm³/mol. The second-order valence-electron chi connectivity index (χ2n) is 20.5. The van der Waals surface area contributed by atoms with Crippen LogP contribution in [0.1, 0.15) is 239 Å². The number of carbonyl (C=O) groups excluding carboxylic acids is 3. The summed E-state index contributed by atoms with van der Waals surface area (Å²) in [6.45, 7) is 6.17.